The summed E-state index contributed by atoms with van der Waals surface area (Å²) >= 11 is 0. The van der Waals surface area contributed by atoms with Crippen molar-refractivity contribution in [2.75, 3.05) is 31.1 Å². The third-order valence-electron chi connectivity index (χ3n) is 4.23. The first-order valence-corrected chi connectivity index (χ1v) is 8.34. The molecule has 124 valence electrons. The molecule has 0 atom stereocenters. The molecule has 0 N–H and O–H groups in total. The summed E-state index contributed by atoms with van der Waals surface area (Å²) in [6.45, 7) is 5.03. The number of aromatic nitrogens is 2. The number of hydrogen-bond acceptors (Lipinski definition) is 4. The van der Waals surface area contributed by atoms with Gasteiger partial charge in [-0.15, -0.1) is 0 Å². The first-order chi connectivity index (χ1) is 11.8. The number of nitrogens with zero attached hydrogens (tertiary/aromatic N) is 4. The Labute approximate surface area is 142 Å². The smallest absolute Gasteiger partial charge is 0.246 e. The molecule has 0 spiro atoms. The second-order valence-corrected chi connectivity index (χ2v) is 5.79. The van der Waals surface area contributed by atoms with Gasteiger partial charge in [0.1, 0.15) is 0 Å². The van der Waals surface area contributed by atoms with Crippen LogP contribution in [0.3, 0.4) is 0 Å². The van der Waals surface area contributed by atoms with E-state index >= 15 is 0 Å². The SMILES string of the molecule is CCc1ccc(/C=C/C(=O)N2CCN(c3ncccn3)CC2)cc1. The zero-order chi connectivity index (χ0) is 16.8. The molecule has 24 heavy (non-hydrogen) atoms. The Morgan fingerprint density at radius 3 is 2.38 bits per heavy atom. The molecule has 0 aliphatic carbocycles. The summed E-state index contributed by atoms with van der Waals surface area (Å²) in [5.74, 6) is 0.791. The third-order valence-corrected chi connectivity index (χ3v) is 4.23. The standard InChI is InChI=1S/C19H22N4O/c1-2-16-4-6-17(7-5-16)8-9-18(24)22-12-14-23(15-13-22)19-20-10-3-11-21-19/h3-11H,2,12-15H2,1H3/b9-8+. The highest BCUT2D eigenvalue weighted by Gasteiger charge is 2.20. The highest BCUT2D eigenvalue weighted by molar-refractivity contribution is 5.91. The number of aryl methyl sites for hydroxylation is 1. The first kappa shape index (κ1) is 16.2. The largest absolute Gasteiger partial charge is 0.337 e. The van der Waals surface area contributed by atoms with Gasteiger partial charge in [-0.25, -0.2) is 9.97 Å². The predicted octanol–water partition coefficient (Wildman–Crippen LogP) is 2.40. The van der Waals surface area contributed by atoms with Gasteiger partial charge in [-0.1, -0.05) is 31.2 Å². The topological polar surface area (TPSA) is 49.3 Å². The Morgan fingerprint density at radius 2 is 1.75 bits per heavy atom. The van der Waals surface area contributed by atoms with Crippen LogP contribution in [-0.4, -0.2) is 47.0 Å². The Hall–Kier alpha value is -2.69. The predicted molar refractivity (Wildman–Crippen MR) is 95.7 cm³/mol. The molecular weight excluding hydrogens is 300 g/mol. The fourth-order valence-corrected chi connectivity index (χ4v) is 2.72. The van der Waals surface area contributed by atoms with Gasteiger partial charge >= 0.3 is 0 Å². The van der Waals surface area contributed by atoms with Gasteiger partial charge < -0.3 is 9.80 Å². The van der Waals surface area contributed by atoms with Crippen LogP contribution in [0.2, 0.25) is 0 Å². The lowest BCUT2D eigenvalue weighted by molar-refractivity contribution is -0.126. The van der Waals surface area contributed by atoms with E-state index in [1.54, 1.807) is 24.5 Å². The van der Waals surface area contributed by atoms with Crippen molar-refractivity contribution in [2.24, 2.45) is 0 Å². The van der Waals surface area contributed by atoms with Crippen LogP contribution >= 0.6 is 0 Å². The molecule has 1 amide bonds. The number of amides is 1. The van der Waals surface area contributed by atoms with Crippen LogP contribution in [0.15, 0.2) is 48.8 Å². The minimum Gasteiger partial charge on any atom is -0.337 e. The van der Waals surface area contributed by atoms with Crippen LogP contribution in [0.25, 0.3) is 6.08 Å². The van der Waals surface area contributed by atoms with E-state index in [-0.39, 0.29) is 5.91 Å². The van der Waals surface area contributed by atoms with E-state index in [1.165, 1.54) is 5.56 Å². The number of hydrogen-bond donors (Lipinski definition) is 0. The number of rotatable bonds is 4. The first-order valence-electron chi connectivity index (χ1n) is 8.34. The number of carbonyl (C=O) groups excluding carboxylic acids is 1. The molecule has 1 aliphatic rings. The molecule has 5 nitrogen and oxygen atoms in total. The zero-order valence-corrected chi connectivity index (χ0v) is 13.9. The van der Waals surface area contributed by atoms with Crippen LogP contribution in [0, 0.1) is 0 Å². The molecular formula is C19H22N4O. The Morgan fingerprint density at radius 1 is 1.08 bits per heavy atom. The van der Waals surface area contributed by atoms with Crippen LogP contribution in [0.4, 0.5) is 5.95 Å². The Bertz CT molecular complexity index is 689. The lowest BCUT2D eigenvalue weighted by Crippen LogP contribution is -2.48. The van der Waals surface area contributed by atoms with Gasteiger partial charge in [0.2, 0.25) is 11.9 Å². The van der Waals surface area contributed by atoms with Crippen molar-refractivity contribution < 1.29 is 4.79 Å². The Kier molecular flexibility index (Phi) is 5.21. The van der Waals surface area contributed by atoms with Crippen LogP contribution in [0.1, 0.15) is 18.1 Å². The molecule has 0 unspecified atom stereocenters. The van der Waals surface area contributed by atoms with E-state index in [0.717, 1.165) is 31.0 Å². The van der Waals surface area contributed by atoms with Crippen molar-refractivity contribution in [1.82, 2.24) is 14.9 Å². The van der Waals surface area contributed by atoms with Crippen molar-refractivity contribution in [3.05, 3.63) is 59.9 Å². The molecule has 2 heterocycles. The molecule has 2 aromatic rings. The second kappa shape index (κ2) is 7.73. The summed E-state index contributed by atoms with van der Waals surface area (Å²) in [5, 5.41) is 0. The van der Waals surface area contributed by atoms with E-state index in [1.807, 2.05) is 23.1 Å². The van der Waals surface area contributed by atoms with Crippen molar-refractivity contribution >= 4 is 17.9 Å². The van der Waals surface area contributed by atoms with Crippen LogP contribution in [0.5, 0.6) is 0 Å². The van der Waals surface area contributed by atoms with Crippen molar-refractivity contribution in [2.45, 2.75) is 13.3 Å². The molecule has 0 saturated carbocycles. The van der Waals surface area contributed by atoms with E-state index < -0.39 is 0 Å². The normalized spacial score (nSPS) is 15.0. The van der Waals surface area contributed by atoms with Gasteiger partial charge in [0, 0.05) is 44.6 Å². The fourth-order valence-electron chi connectivity index (χ4n) is 2.72. The van der Waals surface area contributed by atoms with Gasteiger partial charge in [-0.05, 0) is 29.7 Å². The van der Waals surface area contributed by atoms with Crippen molar-refractivity contribution in [3.8, 4) is 0 Å². The van der Waals surface area contributed by atoms with Gasteiger partial charge in [-0.2, -0.15) is 0 Å². The average Bonchev–Trinajstić information content (AvgIpc) is 2.67. The zero-order valence-electron chi connectivity index (χ0n) is 13.9. The maximum absolute atomic E-state index is 12.3. The molecule has 3 rings (SSSR count). The lowest BCUT2D eigenvalue weighted by Gasteiger charge is -2.34. The summed E-state index contributed by atoms with van der Waals surface area (Å²) in [6.07, 6.45) is 8.06. The van der Waals surface area contributed by atoms with Crippen molar-refractivity contribution in [3.63, 3.8) is 0 Å². The lowest BCUT2D eigenvalue weighted by atomic mass is 10.1. The van der Waals surface area contributed by atoms with Gasteiger partial charge in [0.05, 0.1) is 0 Å². The van der Waals surface area contributed by atoms with Gasteiger partial charge in [0.25, 0.3) is 0 Å². The summed E-state index contributed by atoms with van der Waals surface area (Å²) in [7, 11) is 0. The molecule has 5 heteroatoms. The highest BCUT2D eigenvalue weighted by Crippen LogP contribution is 2.11. The number of piperazine rings is 1. The highest BCUT2D eigenvalue weighted by atomic mass is 16.2. The molecule has 1 aromatic carbocycles. The minimum absolute atomic E-state index is 0.0585. The fraction of sp³-hybridized carbons (Fsp3) is 0.316. The van der Waals surface area contributed by atoms with Crippen LogP contribution < -0.4 is 4.90 Å². The molecule has 1 saturated heterocycles. The molecule has 0 bridgehead atoms. The second-order valence-electron chi connectivity index (χ2n) is 5.79. The molecule has 0 radical (unpaired) electrons. The minimum atomic E-state index is 0.0585. The maximum atomic E-state index is 12.3. The van der Waals surface area contributed by atoms with E-state index in [9.17, 15) is 4.79 Å². The molecule has 1 aromatic heterocycles. The van der Waals surface area contributed by atoms with Crippen LogP contribution in [-0.2, 0) is 11.2 Å². The summed E-state index contributed by atoms with van der Waals surface area (Å²) in [4.78, 5) is 24.8. The summed E-state index contributed by atoms with van der Waals surface area (Å²) in [6, 6.07) is 10.1. The molecule has 1 aliphatic heterocycles. The van der Waals surface area contributed by atoms with E-state index in [0.29, 0.717) is 13.1 Å². The quantitative estimate of drug-likeness (QED) is 0.811. The maximum Gasteiger partial charge on any atom is 0.246 e. The van der Waals surface area contributed by atoms with Crippen molar-refractivity contribution in [1.29, 1.82) is 0 Å². The summed E-state index contributed by atoms with van der Waals surface area (Å²) < 4.78 is 0. The van der Waals surface area contributed by atoms with Gasteiger partial charge in [-0.3, -0.25) is 4.79 Å². The number of benzene rings is 1. The third kappa shape index (κ3) is 3.98. The number of anilines is 1. The van der Waals surface area contributed by atoms with E-state index in [2.05, 4.69) is 33.9 Å². The Balaban J connectivity index is 1.54. The van der Waals surface area contributed by atoms with Gasteiger partial charge in [0.15, 0.2) is 0 Å². The monoisotopic (exact) mass is 322 g/mol. The summed E-state index contributed by atoms with van der Waals surface area (Å²) in [5.41, 5.74) is 2.36. The average molecular weight is 322 g/mol. The molecule has 1 fully saturated rings. The van der Waals surface area contributed by atoms with E-state index in [4.69, 9.17) is 0 Å². The number of carbonyl (C=O) groups is 1.